The molecule has 2 aliphatic rings. The Kier molecular flexibility index (Phi) is 3.91. The molecule has 0 bridgehead atoms. The van der Waals surface area contributed by atoms with Crippen molar-refractivity contribution in [2.75, 3.05) is 13.1 Å². The van der Waals surface area contributed by atoms with Gasteiger partial charge < -0.3 is 4.90 Å². The van der Waals surface area contributed by atoms with Crippen molar-refractivity contribution in [3.63, 3.8) is 0 Å². The molecule has 5 heteroatoms. The van der Waals surface area contributed by atoms with E-state index in [1.165, 1.54) is 25.7 Å². The van der Waals surface area contributed by atoms with Crippen LogP contribution >= 0.6 is 23.2 Å². The van der Waals surface area contributed by atoms with Gasteiger partial charge in [0.15, 0.2) is 0 Å². The number of amides is 1. The number of aromatic nitrogens is 1. The van der Waals surface area contributed by atoms with Crippen LogP contribution in [0.4, 0.5) is 0 Å². The van der Waals surface area contributed by atoms with Gasteiger partial charge >= 0.3 is 0 Å². The molecule has 2 heterocycles. The highest BCUT2D eigenvalue weighted by molar-refractivity contribution is 6.34. The van der Waals surface area contributed by atoms with Gasteiger partial charge in [0, 0.05) is 13.1 Å². The van der Waals surface area contributed by atoms with Crippen LogP contribution in [0.15, 0.2) is 12.1 Å². The maximum Gasteiger partial charge on any atom is 0.256 e. The van der Waals surface area contributed by atoms with Crippen LogP contribution in [0.5, 0.6) is 0 Å². The molecule has 1 amide bonds. The minimum atomic E-state index is -0.0213. The van der Waals surface area contributed by atoms with Gasteiger partial charge in [-0.1, -0.05) is 36.0 Å². The van der Waals surface area contributed by atoms with Crippen molar-refractivity contribution in [3.05, 3.63) is 28.0 Å². The van der Waals surface area contributed by atoms with Crippen LogP contribution in [-0.4, -0.2) is 28.9 Å². The summed E-state index contributed by atoms with van der Waals surface area (Å²) in [4.78, 5) is 18.3. The number of carbonyl (C=O) groups is 1. The zero-order valence-corrected chi connectivity index (χ0v) is 12.9. The Labute approximate surface area is 129 Å². The minimum absolute atomic E-state index is 0.0213. The van der Waals surface area contributed by atoms with E-state index in [9.17, 15) is 4.79 Å². The highest BCUT2D eigenvalue weighted by Gasteiger charge is 2.38. The minimum Gasteiger partial charge on any atom is -0.339 e. The Morgan fingerprint density at radius 1 is 1.10 bits per heavy atom. The van der Waals surface area contributed by atoms with Crippen LogP contribution in [0.1, 0.15) is 48.9 Å². The Morgan fingerprint density at radius 3 is 2.35 bits per heavy atom. The number of carbonyl (C=O) groups excluding carboxylic acids is 1. The predicted molar refractivity (Wildman–Crippen MR) is 80.3 cm³/mol. The second kappa shape index (κ2) is 5.53. The van der Waals surface area contributed by atoms with Crippen LogP contribution in [0.25, 0.3) is 0 Å². The van der Waals surface area contributed by atoms with E-state index >= 15 is 0 Å². The average Bonchev–Trinajstić information content (AvgIpc) is 2.87. The molecule has 3 rings (SSSR count). The molecule has 1 aliphatic heterocycles. The smallest absolute Gasteiger partial charge is 0.256 e. The first-order chi connectivity index (χ1) is 9.60. The van der Waals surface area contributed by atoms with E-state index in [1.54, 1.807) is 12.1 Å². The van der Waals surface area contributed by atoms with Crippen molar-refractivity contribution >= 4 is 29.1 Å². The van der Waals surface area contributed by atoms with Gasteiger partial charge in [-0.25, -0.2) is 4.98 Å². The first kappa shape index (κ1) is 14.2. The van der Waals surface area contributed by atoms with Crippen molar-refractivity contribution in [2.24, 2.45) is 5.41 Å². The standard InChI is InChI=1S/C15H18Cl2N2O/c16-12-4-3-11(13(17)18-12)14(20)19-9-7-15(8-10-19)5-1-2-6-15/h3-4H,1-2,5-10H2. The monoisotopic (exact) mass is 312 g/mol. The number of hydrogen-bond donors (Lipinski definition) is 0. The molecule has 20 heavy (non-hydrogen) atoms. The topological polar surface area (TPSA) is 33.2 Å². The number of rotatable bonds is 1. The summed E-state index contributed by atoms with van der Waals surface area (Å²) >= 11 is 11.8. The van der Waals surface area contributed by atoms with Crippen LogP contribution in [-0.2, 0) is 0 Å². The number of nitrogens with zero attached hydrogens (tertiary/aromatic N) is 2. The van der Waals surface area contributed by atoms with E-state index in [0.29, 0.717) is 16.1 Å². The molecular weight excluding hydrogens is 295 g/mol. The number of pyridine rings is 1. The molecule has 0 unspecified atom stereocenters. The van der Waals surface area contributed by atoms with Gasteiger partial charge in [-0.15, -0.1) is 0 Å². The Morgan fingerprint density at radius 2 is 1.75 bits per heavy atom. The normalized spacial score (nSPS) is 21.4. The number of piperidine rings is 1. The molecule has 0 N–H and O–H groups in total. The van der Waals surface area contributed by atoms with E-state index in [4.69, 9.17) is 23.2 Å². The zero-order valence-electron chi connectivity index (χ0n) is 11.4. The third kappa shape index (κ3) is 2.66. The first-order valence-electron chi connectivity index (χ1n) is 7.21. The molecular formula is C15H18Cl2N2O. The summed E-state index contributed by atoms with van der Waals surface area (Å²) in [6.45, 7) is 1.66. The van der Waals surface area contributed by atoms with E-state index in [2.05, 4.69) is 4.98 Å². The van der Waals surface area contributed by atoms with Crippen molar-refractivity contribution in [2.45, 2.75) is 38.5 Å². The highest BCUT2D eigenvalue weighted by atomic mass is 35.5. The van der Waals surface area contributed by atoms with Gasteiger partial charge in [-0.3, -0.25) is 4.79 Å². The van der Waals surface area contributed by atoms with Crippen molar-refractivity contribution < 1.29 is 4.79 Å². The van der Waals surface area contributed by atoms with Gasteiger partial charge in [0.2, 0.25) is 0 Å². The molecule has 1 spiro atoms. The van der Waals surface area contributed by atoms with Crippen LogP contribution in [0, 0.1) is 5.41 Å². The fourth-order valence-electron chi connectivity index (χ4n) is 3.55. The molecule has 0 atom stereocenters. The summed E-state index contributed by atoms with van der Waals surface area (Å²) in [6.07, 6.45) is 7.60. The van der Waals surface area contributed by atoms with Gasteiger partial charge in [-0.2, -0.15) is 0 Å². The first-order valence-corrected chi connectivity index (χ1v) is 7.97. The molecule has 108 valence electrons. The lowest BCUT2D eigenvalue weighted by atomic mass is 9.77. The van der Waals surface area contributed by atoms with Gasteiger partial charge in [0.05, 0.1) is 5.56 Å². The van der Waals surface area contributed by atoms with Crippen molar-refractivity contribution in [1.29, 1.82) is 0 Å². The summed E-state index contributed by atoms with van der Waals surface area (Å²) < 4.78 is 0. The summed E-state index contributed by atoms with van der Waals surface area (Å²) in [5.74, 6) is -0.0213. The fourth-order valence-corrected chi connectivity index (χ4v) is 3.98. The lowest BCUT2D eigenvalue weighted by Crippen LogP contribution is -2.42. The molecule has 1 saturated heterocycles. The largest absolute Gasteiger partial charge is 0.339 e. The van der Waals surface area contributed by atoms with E-state index in [0.717, 1.165) is 25.9 Å². The number of likely N-dealkylation sites (tertiary alicyclic amines) is 1. The van der Waals surface area contributed by atoms with Crippen molar-refractivity contribution in [3.8, 4) is 0 Å². The molecule has 1 aromatic heterocycles. The number of hydrogen-bond acceptors (Lipinski definition) is 2. The Hall–Kier alpha value is -0.800. The second-order valence-corrected chi connectivity index (χ2v) is 6.72. The Balaban J connectivity index is 1.69. The van der Waals surface area contributed by atoms with Crippen LogP contribution < -0.4 is 0 Å². The van der Waals surface area contributed by atoms with Gasteiger partial charge in [0.1, 0.15) is 10.3 Å². The maximum atomic E-state index is 12.5. The SMILES string of the molecule is O=C(c1ccc(Cl)nc1Cl)N1CCC2(CCCC2)CC1. The fraction of sp³-hybridized carbons (Fsp3) is 0.600. The lowest BCUT2D eigenvalue weighted by Gasteiger charge is -2.39. The third-order valence-electron chi connectivity index (χ3n) is 4.82. The molecule has 3 nitrogen and oxygen atoms in total. The second-order valence-electron chi connectivity index (χ2n) is 5.97. The zero-order chi connectivity index (χ0) is 14.2. The predicted octanol–water partition coefficient (Wildman–Crippen LogP) is 4.18. The lowest BCUT2D eigenvalue weighted by molar-refractivity contribution is 0.0587. The number of halogens is 2. The molecule has 1 aromatic rings. The highest BCUT2D eigenvalue weighted by Crippen LogP contribution is 2.46. The maximum absolute atomic E-state index is 12.5. The molecule has 1 aliphatic carbocycles. The summed E-state index contributed by atoms with van der Waals surface area (Å²) in [7, 11) is 0. The molecule has 1 saturated carbocycles. The Bertz CT molecular complexity index is 517. The van der Waals surface area contributed by atoms with Crippen molar-refractivity contribution in [1.82, 2.24) is 9.88 Å². The van der Waals surface area contributed by atoms with Crippen LogP contribution in [0.2, 0.25) is 10.3 Å². The summed E-state index contributed by atoms with van der Waals surface area (Å²) in [6, 6.07) is 3.28. The van der Waals surface area contributed by atoms with Gasteiger partial charge in [0.25, 0.3) is 5.91 Å². The average molecular weight is 313 g/mol. The summed E-state index contributed by atoms with van der Waals surface area (Å²) in [5.41, 5.74) is 0.970. The van der Waals surface area contributed by atoms with E-state index < -0.39 is 0 Å². The van der Waals surface area contributed by atoms with Crippen LogP contribution in [0.3, 0.4) is 0 Å². The van der Waals surface area contributed by atoms with Gasteiger partial charge in [-0.05, 0) is 43.2 Å². The quantitative estimate of drug-likeness (QED) is 0.729. The molecule has 0 radical (unpaired) electrons. The third-order valence-corrected chi connectivity index (χ3v) is 5.32. The molecule has 2 fully saturated rings. The van der Waals surface area contributed by atoms with E-state index in [-0.39, 0.29) is 11.1 Å². The summed E-state index contributed by atoms with van der Waals surface area (Å²) in [5, 5.41) is 0.513. The van der Waals surface area contributed by atoms with E-state index in [1.807, 2.05) is 4.90 Å². The molecule has 0 aromatic carbocycles.